The van der Waals surface area contributed by atoms with Gasteiger partial charge in [-0.25, -0.2) is 4.68 Å². The Labute approximate surface area is 164 Å². The van der Waals surface area contributed by atoms with E-state index in [0.717, 1.165) is 11.3 Å². The van der Waals surface area contributed by atoms with Crippen LogP contribution in [0.5, 0.6) is 5.75 Å². The smallest absolute Gasteiger partial charge is 0.266 e. The third-order valence-corrected chi connectivity index (χ3v) is 4.65. The highest BCUT2D eigenvalue weighted by Gasteiger charge is 2.22. The lowest BCUT2D eigenvalue weighted by atomic mass is 10.2. The number of rotatable bonds is 3. The number of aromatic nitrogens is 3. The molecular formula is C20H15ClN4O3. The second-order valence-electron chi connectivity index (χ2n) is 6.27. The number of carbonyl (C=O) groups excluding carboxylic acids is 1. The van der Waals surface area contributed by atoms with Crippen molar-refractivity contribution in [2.45, 2.75) is 6.92 Å². The molecule has 4 rings (SSSR count). The van der Waals surface area contributed by atoms with Gasteiger partial charge in [-0.1, -0.05) is 35.9 Å². The van der Waals surface area contributed by atoms with Gasteiger partial charge in [-0.2, -0.15) is 5.10 Å². The number of fused-ring (bicyclic) bond motifs is 1. The molecule has 8 heteroatoms. The number of aromatic amines is 1. The van der Waals surface area contributed by atoms with E-state index in [0.29, 0.717) is 16.4 Å². The molecule has 7 nitrogen and oxygen atoms in total. The summed E-state index contributed by atoms with van der Waals surface area (Å²) in [7, 11) is 0. The Morgan fingerprint density at radius 3 is 2.75 bits per heavy atom. The van der Waals surface area contributed by atoms with Crippen molar-refractivity contribution in [3.8, 4) is 11.4 Å². The van der Waals surface area contributed by atoms with Crippen molar-refractivity contribution >= 4 is 34.2 Å². The van der Waals surface area contributed by atoms with Gasteiger partial charge in [0.15, 0.2) is 0 Å². The number of aryl methyl sites for hydroxylation is 1. The maximum absolute atomic E-state index is 12.6. The molecule has 2 aromatic carbocycles. The summed E-state index contributed by atoms with van der Waals surface area (Å²) < 4.78 is 1.50. The van der Waals surface area contributed by atoms with Crippen LogP contribution in [0, 0.1) is 6.92 Å². The van der Waals surface area contributed by atoms with Crippen LogP contribution in [0.2, 0.25) is 5.02 Å². The molecule has 3 N–H and O–H groups in total. The number of aromatic hydroxyl groups is 1. The third-order valence-electron chi connectivity index (χ3n) is 4.32. The van der Waals surface area contributed by atoms with Crippen molar-refractivity contribution in [3.63, 3.8) is 0 Å². The van der Waals surface area contributed by atoms with Crippen molar-refractivity contribution in [2.75, 3.05) is 5.32 Å². The first-order valence-corrected chi connectivity index (χ1v) is 8.79. The highest BCUT2D eigenvalue weighted by atomic mass is 35.5. The van der Waals surface area contributed by atoms with Crippen LogP contribution in [0.25, 0.3) is 16.7 Å². The second-order valence-corrected chi connectivity index (χ2v) is 6.68. The van der Waals surface area contributed by atoms with Gasteiger partial charge in [-0.15, -0.1) is 0 Å². The number of benzene rings is 2. The van der Waals surface area contributed by atoms with Gasteiger partial charge in [-0.05, 0) is 36.8 Å². The fourth-order valence-corrected chi connectivity index (χ4v) is 3.15. The number of hydrogen-bond acceptors (Lipinski definition) is 4. The summed E-state index contributed by atoms with van der Waals surface area (Å²) in [5, 5.41) is 18.0. The summed E-state index contributed by atoms with van der Waals surface area (Å²) in [6, 6.07) is 14.1. The van der Waals surface area contributed by atoms with Crippen LogP contribution in [0.1, 0.15) is 15.9 Å². The number of pyridine rings is 1. The van der Waals surface area contributed by atoms with Crippen molar-refractivity contribution in [1.82, 2.24) is 14.8 Å². The molecule has 140 valence electrons. The fourth-order valence-electron chi connectivity index (χ4n) is 2.97. The minimum Gasteiger partial charge on any atom is -0.506 e. The molecule has 1 amide bonds. The number of carbonyl (C=O) groups is 1. The number of nitrogens with one attached hydrogen (secondary N) is 2. The van der Waals surface area contributed by atoms with Gasteiger partial charge in [0.2, 0.25) is 0 Å². The Balaban J connectivity index is 1.81. The summed E-state index contributed by atoms with van der Waals surface area (Å²) in [5.74, 6) is -1.21. The minimum absolute atomic E-state index is 0.255. The number of hydrogen-bond donors (Lipinski definition) is 3. The van der Waals surface area contributed by atoms with E-state index in [1.807, 2.05) is 31.2 Å². The van der Waals surface area contributed by atoms with Gasteiger partial charge < -0.3 is 15.4 Å². The number of para-hydroxylation sites is 1. The summed E-state index contributed by atoms with van der Waals surface area (Å²) in [5.41, 5.74) is 1.23. The molecule has 28 heavy (non-hydrogen) atoms. The van der Waals surface area contributed by atoms with E-state index < -0.39 is 22.8 Å². The second kappa shape index (κ2) is 6.86. The molecule has 4 aromatic rings. The minimum atomic E-state index is -0.767. The Morgan fingerprint density at radius 1 is 1.21 bits per heavy atom. The monoisotopic (exact) mass is 394 g/mol. The first-order valence-electron chi connectivity index (χ1n) is 8.41. The van der Waals surface area contributed by atoms with E-state index >= 15 is 0 Å². The van der Waals surface area contributed by atoms with Gasteiger partial charge in [0.1, 0.15) is 17.0 Å². The fraction of sp³-hybridized carbons (Fsp3) is 0.0500. The third kappa shape index (κ3) is 3.01. The van der Waals surface area contributed by atoms with Crippen molar-refractivity contribution in [3.05, 3.63) is 81.2 Å². The van der Waals surface area contributed by atoms with E-state index in [1.54, 1.807) is 24.3 Å². The molecule has 0 aliphatic carbocycles. The van der Waals surface area contributed by atoms with Gasteiger partial charge in [0.25, 0.3) is 11.5 Å². The van der Waals surface area contributed by atoms with Crippen LogP contribution >= 0.6 is 11.6 Å². The lowest BCUT2D eigenvalue weighted by molar-refractivity contribution is 0.102. The lowest BCUT2D eigenvalue weighted by Gasteiger charge is -2.09. The number of amides is 1. The molecule has 0 saturated heterocycles. The Hall–Kier alpha value is -3.58. The number of halogens is 1. The van der Waals surface area contributed by atoms with Crippen molar-refractivity contribution in [2.24, 2.45) is 0 Å². The highest BCUT2D eigenvalue weighted by Crippen LogP contribution is 2.28. The van der Waals surface area contributed by atoms with E-state index in [1.165, 1.54) is 10.9 Å². The van der Waals surface area contributed by atoms with Crippen LogP contribution < -0.4 is 10.9 Å². The maximum atomic E-state index is 12.6. The van der Waals surface area contributed by atoms with Crippen LogP contribution in [0.15, 0.2) is 59.5 Å². The molecular weight excluding hydrogens is 380 g/mol. The molecule has 0 saturated carbocycles. The quantitative estimate of drug-likeness (QED) is 0.494. The molecule has 0 radical (unpaired) electrons. The predicted octanol–water partition coefficient (Wildman–Crippen LogP) is 3.63. The first-order chi connectivity index (χ1) is 13.5. The number of nitrogens with zero attached hydrogens (tertiary/aromatic N) is 2. The summed E-state index contributed by atoms with van der Waals surface area (Å²) >= 11 is 6.04. The first kappa shape index (κ1) is 17.8. The molecule has 0 unspecified atom stereocenters. The molecule has 0 aliphatic rings. The zero-order valence-corrected chi connectivity index (χ0v) is 15.5. The van der Waals surface area contributed by atoms with Gasteiger partial charge in [-0.3, -0.25) is 9.59 Å². The van der Waals surface area contributed by atoms with Gasteiger partial charge in [0.05, 0.1) is 28.0 Å². The van der Waals surface area contributed by atoms with E-state index in [2.05, 4.69) is 15.4 Å². The lowest BCUT2D eigenvalue weighted by Crippen LogP contribution is -2.24. The molecule has 0 atom stereocenters. The zero-order valence-electron chi connectivity index (χ0n) is 14.7. The van der Waals surface area contributed by atoms with E-state index in [-0.39, 0.29) is 5.39 Å². The largest absolute Gasteiger partial charge is 0.506 e. The summed E-state index contributed by atoms with van der Waals surface area (Å²) in [4.78, 5) is 27.8. The molecule has 2 heterocycles. The molecule has 0 fully saturated rings. The average Bonchev–Trinajstić information content (AvgIpc) is 3.07. The van der Waals surface area contributed by atoms with Crippen LogP contribution in [-0.4, -0.2) is 25.8 Å². The predicted molar refractivity (Wildman–Crippen MR) is 107 cm³/mol. The van der Waals surface area contributed by atoms with Crippen LogP contribution in [0.4, 0.5) is 5.69 Å². The normalized spacial score (nSPS) is 10.9. The van der Waals surface area contributed by atoms with Crippen molar-refractivity contribution < 1.29 is 9.90 Å². The van der Waals surface area contributed by atoms with Gasteiger partial charge >= 0.3 is 0 Å². The topological polar surface area (TPSA) is 100 Å². The number of anilines is 1. The average molecular weight is 395 g/mol. The van der Waals surface area contributed by atoms with Crippen LogP contribution in [-0.2, 0) is 0 Å². The zero-order chi connectivity index (χ0) is 19.8. The Kier molecular flexibility index (Phi) is 4.37. The standard InChI is InChI=1S/C20H15ClN4O3/c1-11-5-4-6-12(9-11)25-18-13(10-22-25)17(26)16(20(28)24-18)19(27)23-15-8-3-2-7-14(15)21/h2-10H,1H3,(H,23,27)(H2,24,26,28). The summed E-state index contributed by atoms with van der Waals surface area (Å²) in [6.07, 6.45) is 1.40. The molecule has 0 spiro atoms. The highest BCUT2D eigenvalue weighted by molar-refractivity contribution is 6.34. The summed E-state index contributed by atoms with van der Waals surface area (Å²) in [6.45, 7) is 1.94. The Morgan fingerprint density at radius 2 is 2.00 bits per heavy atom. The van der Waals surface area contributed by atoms with Crippen molar-refractivity contribution in [1.29, 1.82) is 0 Å². The maximum Gasteiger partial charge on any atom is 0.266 e. The Bertz CT molecular complexity index is 1280. The molecule has 0 bridgehead atoms. The van der Waals surface area contributed by atoms with Gasteiger partial charge in [0, 0.05) is 0 Å². The molecule has 0 aliphatic heterocycles. The van der Waals surface area contributed by atoms with E-state index in [9.17, 15) is 14.7 Å². The number of H-pyrrole nitrogens is 1. The van der Waals surface area contributed by atoms with Crippen LogP contribution in [0.3, 0.4) is 0 Å². The molecule has 2 aromatic heterocycles. The SMILES string of the molecule is Cc1cccc(-n2ncc3c(O)c(C(=O)Nc4ccccc4Cl)c(=O)[nH]c32)c1. The van der Waals surface area contributed by atoms with E-state index in [4.69, 9.17) is 11.6 Å².